The van der Waals surface area contributed by atoms with Crippen LogP contribution in [0.2, 0.25) is 0 Å². The first-order valence-corrected chi connectivity index (χ1v) is 6.52. The molecular weight excluding hydrogens is 228 g/mol. The molecule has 0 bridgehead atoms. The third kappa shape index (κ3) is 1.65. The lowest BCUT2D eigenvalue weighted by atomic mass is 9.87. The van der Waals surface area contributed by atoms with Crippen molar-refractivity contribution in [1.82, 2.24) is 0 Å². The molecule has 0 aromatic rings. The minimum atomic E-state index is -0.718. The first-order chi connectivity index (χ1) is 8.53. The molecule has 2 aliphatic heterocycles. The standard InChI is InChI=1S/C15H18O3/c1-9(2)12-7-13(16)11-6-4-5-10(3)14(11)18-15(12)8-17-15/h7,10H,1,4-6,8H2,2-3H3/t10-,15+/m0/s1. The Kier molecular flexibility index (Phi) is 2.49. The van der Waals surface area contributed by atoms with E-state index < -0.39 is 5.79 Å². The second kappa shape index (κ2) is 3.82. The van der Waals surface area contributed by atoms with Crippen LogP contribution in [-0.4, -0.2) is 18.2 Å². The van der Waals surface area contributed by atoms with Crippen LogP contribution in [0.15, 0.2) is 35.1 Å². The van der Waals surface area contributed by atoms with Gasteiger partial charge in [-0.25, -0.2) is 0 Å². The fraction of sp³-hybridized carbons (Fsp3) is 0.533. The minimum Gasteiger partial charge on any atom is -0.459 e. The van der Waals surface area contributed by atoms with Gasteiger partial charge in [-0.1, -0.05) is 13.5 Å². The summed E-state index contributed by atoms with van der Waals surface area (Å²) < 4.78 is 11.6. The normalized spacial score (nSPS) is 34.7. The number of ether oxygens (including phenoxy) is 2. The Hall–Kier alpha value is -1.35. The van der Waals surface area contributed by atoms with E-state index in [4.69, 9.17) is 9.47 Å². The van der Waals surface area contributed by atoms with Crippen molar-refractivity contribution < 1.29 is 14.3 Å². The topological polar surface area (TPSA) is 38.8 Å². The van der Waals surface area contributed by atoms with Crippen molar-refractivity contribution in [2.45, 2.75) is 38.9 Å². The number of allylic oxidation sites excluding steroid dienone is 3. The van der Waals surface area contributed by atoms with Crippen LogP contribution in [0.5, 0.6) is 0 Å². The average Bonchev–Trinajstić information content (AvgIpc) is 3.09. The fourth-order valence-electron chi connectivity index (χ4n) is 2.83. The van der Waals surface area contributed by atoms with Crippen molar-refractivity contribution in [3.63, 3.8) is 0 Å². The fourth-order valence-corrected chi connectivity index (χ4v) is 2.83. The number of carbonyl (C=O) groups excluding carboxylic acids is 1. The number of carbonyl (C=O) groups is 1. The minimum absolute atomic E-state index is 0.0712. The van der Waals surface area contributed by atoms with Crippen LogP contribution in [0.4, 0.5) is 0 Å². The third-order valence-corrected chi connectivity index (χ3v) is 3.93. The summed E-state index contributed by atoms with van der Waals surface area (Å²) in [5, 5.41) is 0. The maximum absolute atomic E-state index is 12.3. The maximum Gasteiger partial charge on any atom is 0.261 e. The molecule has 1 saturated heterocycles. The van der Waals surface area contributed by atoms with Crippen molar-refractivity contribution in [3.8, 4) is 0 Å². The highest BCUT2D eigenvalue weighted by atomic mass is 16.8. The molecule has 1 aliphatic carbocycles. The van der Waals surface area contributed by atoms with Crippen molar-refractivity contribution in [2.75, 3.05) is 6.61 Å². The molecule has 1 fully saturated rings. The van der Waals surface area contributed by atoms with Gasteiger partial charge in [0.1, 0.15) is 12.4 Å². The van der Waals surface area contributed by atoms with E-state index in [0.717, 1.165) is 41.7 Å². The van der Waals surface area contributed by atoms with Crippen LogP contribution in [0, 0.1) is 5.92 Å². The summed E-state index contributed by atoms with van der Waals surface area (Å²) in [6.07, 6.45) is 4.61. The molecule has 3 nitrogen and oxygen atoms in total. The van der Waals surface area contributed by atoms with Gasteiger partial charge in [-0.2, -0.15) is 0 Å². The van der Waals surface area contributed by atoms with Crippen LogP contribution in [0.3, 0.4) is 0 Å². The zero-order valence-corrected chi connectivity index (χ0v) is 10.9. The van der Waals surface area contributed by atoms with Crippen LogP contribution < -0.4 is 0 Å². The van der Waals surface area contributed by atoms with Gasteiger partial charge in [0.2, 0.25) is 0 Å². The van der Waals surface area contributed by atoms with Gasteiger partial charge >= 0.3 is 0 Å². The number of rotatable bonds is 1. The smallest absolute Gasteiger partial charge is 0.261 e. The maximum atomic E-state index is 12.3. The Balaban J connectivity index is 2.07. The predicted molar refractivity (Wildman–Crippen MR) is 67.7 cm³/mol. The van der Waals surface area contributed by atoms with Crippen LogP contribution in [0.25, 0.3) is 0 Å². The van der Waals surface area contributed by atoms with Gasteiger partial charge in [0.25, 0.3) is 5.79 Å². The van der Waals surface area contributed by atoms with Gasteiger partial charge in [0.05, 0.1) is 0 Å². The van der Waals surface area contributed by atoms with E-state index in [1.807, 2.05) is 6.92 Å². The molecule has 0 aromatic carbocycles. The first-order valence-electron chi connectivity index (χ1n) is 6.52. The molecule has 3 aliphatic rings. The summed E-state index contributed by atoms with van der Waals surface area (Å²) in [5.41, 5.74) is 2.47. The summed E-state index contributed by atoms with van der Waals surface area (Å²) in [4.78, 5) is 12.3. The van der Waals surface area contributed by atoms with Gasteiger partial charge in [-0.3, -0.25) is 4.79 Å². The quantitative estimate of drug-likeness (QED) is 0.668. The predicted octanol–water partition coefficient (Wildman–Crippen LogP) is 2.89. The van der Waals surface area contributed by atoms with E-state index in [1.54, 1.807) is 6.08 Å². The third-order valence-electron chi connectivity index (χ3n) is 3.93. The number of epoxide rings is 1. The highest BCUT2D eigenvalue weighted by Crippen LogP contribution is 2.47. The van der Waals surface area contributed by atoms with Crippen LogP contribution >= 0.6 is 0 Å². The second-order valence-electron chi connectivity index (χ2n) is 5.48. The molecule has 3 heteroatoms. The van der Waals surface area contributed by atoms with Gasteiger partial charge in [0.15, 0.2) is 5.78 Å². The lowest BCUT2D eigenvalue weighted by Crippen LogP contribution is -2.23. The van der Waals surface area contributed by atoms with E-state index in [2.05, 4.69) is 13.5 Å². The summed E-state index contributed by atoms with van der Waals surface area (Å²) in [5.74, 6) is 0.499. The van der Waals surface area contributed by atoms with Gasteiger partial charge in [-0.05, 0) is 37.8 Å². The van der Waals surface area contributed by atoms with Crippen molar-refractivity contribution in [2.24, 2.45) is 5.92 Å². The Morgan fingerprint density at radius 2 is 2.28 bits per heavy atom. The van der Waals surface area contributed by atoms with E-state index in [1.165, 1.54) is 0 Å². The molecule has 0 aromatic heterocycles. The molecule has 0 unspecified atom stereocenters. The molecule has 2 atom stereocenters. The monoisotopic (exact) mass is 246 g/mol. The van der Waals surface area contributed by atoms with Crippen LogP contribution in [-0.2, 0) is 14.3 Å². The highest BCUT2D eigenvalue weighted by Gasteiger charge is 2.54. The highest BCUT2D eigenvalue weighted by molar-refractivity contribution is 6.05. The Bertz CT molecular complexity index is 492. The zero-order chi connectivity index (χ0) is 12.9. The lowest BCUT2D eigenvalue weighted by molar-refractivity contribution is -0.111. The molecule has 96 valence electrons. The molecule has 0 saturated carbocycles. The van der Waals surface area contributed by atoms with Gasteiger partial charge in [-0.15, -0.1) is 0 Å². The molecule has 1 spiro atoms. The average molecular weight is 246 g/mol. The summed E-state index contributed by atoms with van der Waals surface area (Å²) in [7, 11) is 0. The van der Waals surface area contributed by atoms with E-state index in [0.29, 0.717) is 12.5 Å². The SMILES string of the molecule is C=C(C)C1=CC(=O)C2=C(O[C@]13CO3)[C@@H](C)CCC2. The molecule has 18 heavy (non-hydrogen) atoms. The molecular formula is C15H18O3. The molecule has 0 N–H and O–H groups in total. The Morgan fingerprint density at radius 3 is 2.89 bits per heavy atom. The summed E-state index contributed by atoms with van der Waals surface area (Å²) >= 11 is 0. The summed E-state index contributed by atoms with van der Waals surface area (Å²) in [6, 6.07) is 0. The Labute approximate surface area is 107 Å². The number of ketones is 1. The second-order valence-corrected chi connectivity index (χ2v) is 5.48. The van der Waals surface area contributed by atoms with Gasteiger partial charge < -0.3 is 9.47 Å². The van der Waals surface area contributed by atoms with Crippen molar-refractivity contribution in [3.05, 3.63) is 35.1 Å². The van der Waals surface area contributed by atoms with E-state index >= 15 is 0 Å². The van der Waals surface area contributed by atoms with Crippen molar-refractivity contribution in [1.29, 1.82) is 0 Å². The van der Waals surface area contributed by atoms with Gasteiger partial charge in [0, 0.05) is 17.1 Å². The van der Waals surface area contributed by atoms with Crippen LogP contribution in [0.1, 0.15) is 33.1 Å². The number of hydrogen-bond acceptors (Lipinski definition) is 3. The molecule has 2 heterocycles. The first kappa shape index (κ1) is 11.7. The zero-order valence-electron chi connectivity index (χ0n) is 10.9. The largest absolute Gasteiger partial charge is 0.459 e. The van der Waals surface area contributed by atoms with Crippen molar-refractivity contribution >= 4 is 5.78 Å². The summed E-state index contributed by atoms with van der Waals surface area (Å²) in [6.45, 7) is 8.45. The Morgan fingerprint density at radius 1 is 1.56 bits per heavy atom. The van der Waals surface area contributed by atoms with E-state index in [-0.39, 0.29) is 5.78 Å². The number of hydrogen-bond donors (Lipinski definition) is 0. The van der Waals surface area contributed by atoms with E-state index in [9.17, 15) is 4.79 Å². The lowest BCUT2D eigenvalue weighted by Gasteiger charge is -2.26. The molecule has 3 rings (SSSR count). The molecule has 0 radical (unpaired) electrons. The molecule has 0 amide bonds.